The fourth-order valence-corrected chi connectivity index (χ4v) is 1.40. The van der Waals surface area contributed by atoms with Crippen LogP contribution in [0.3, 0.4) is 0 Å². The van der Waals surface area contributed by atoms with Gasteiger partial charge in [-0.25, -0.2) is 0 Å². The van der Waals surface area contributed by atoms with Crippen molar-refractivity contribution in [3.05, 3.63) is 24.3 Å². The van der Waals surface area contributed by atoms with Gasteiger partial charge in [0.15, 0.2) is 0 Å². The van der Waals surface area contributed by atoms with Crippen molar-refractivity contribution in [3.8, 4) is 0 Å². The van der Waals surface area contributed by atoms with Crippen LogP contribution in [0.1, 0.15) is 26.2 Å². The lowest BCUT2D eigenvalue weighted by Crippen LogP contribution is -1.83. The summed E-state index contributed by atoms with van der Waals surface area (Å²) in [7, 11) is 0. The van der Waals surface area contributed by atoms with E-state index in [4.69, 9.17) is 0 Å². The van der Waals surface area contributed by atoms with E-state index in [-0.39, 0.29) is 0 Å². The highest BCUT2D eigenvalue weighted by Crippen LogP contribution is 2.29. The lowest BCUT2D eigenvalue weighted by Gasteiger charge is -1.96. The standard InChI is InChI=1S/C9H14/c1-3-4-9-6-5-8(2)7-9/h3-4,9H,2,5-7H2,1H3/b4-3-. The Kier molecular flexibility index (Phi) is 2.10. The molecule has 0 heterocycles. The van der Waals surface area contributed by atoms with Crippen molar-refractivity contribution in [1.82, 2.24) is 0 Å². The Hall–Kier alpha value is -0.520. The molecule has 0 amide bonds. The molecule has 0 aromatic carbocycles. The minimum Gasteiger partial charge on any atom is -0.0998 e. The van der Waals surface area contributed by atoms with Crippen LogP contribution in [0.5, 0.6) is 0 Å². The molecule has 0 heteroatoms. The second kappa shape index (κ2) is 2.86. The van der Waals surface area contributed by atoms with Crippen molar-refractivity contribution in [1.29, 1.82) is 0 Å². The van der Waals surface area contributed by atoms with Gasteiger partial charge >= 0.3 is 0 Å². The molecule has 1 atom stereocenters. The molecule has 0 radical (unpaired) electrons. The van der Waals surface area contributed by atoms with Crippen LogP contribution < -0.4 is 0 Å². The summed E-state index contributed by atoms with van der Waals surface area (Å²) in [6.07, 6.45) is 8.23. The predicted molar refractivity (Wildman–Crippen MR) is 41.3 cm³/mol. The summed E-state index contributed by atoms with van der Waals surface area (Å²) in [5.41, 5.74) is 1.43. The molecule has 0 aliphatic heterocycles. The van der Waals surface area contributed by atoms with Gasteiger partial charge < -0.3 is 0 Å². The van der Waals surface area contributed by atoms with Gasteiger partial charge in [-0.2, -0.15) is 0 Å². The van der Waals surface area contributed by atoms with Crippen molar-refractivity contribution < 1.29 is 0 Å². The molecule has 0 nitrogen and oxygen atoms in total. The molecule has 50 valence electrons. The van der Waals surface area contributed by atoms with Gasteiger partial charge in [-0.3, -0.25) is 0 Å². The van der Waals surface area contributed by atoms with Crippen molar-refractivity contribution >= 4 is 0 Å². The molecule has 1 fully saturated rings. The second-order valence-electron chi connectivity index (χ2n) is 2.78. The van der Waals surface area contributed by atoms with E-state index >= 15 is 0 Å². The molecule has 0 aromatic rings. The maximum atomic E-state index is 3.95. The highest BCUT2D eigenvalue weighted by Gasteiger charge is 2.13. The quantitative estimate of drug-likeness (QED) is 0.469. The maximum Gasteiger partial charge on any atom is -0.0193 e. The first-order chi connectivity index (χ1) is 4.33. The molecule has 0 aromatic heterocycles. The highest BCUT2D eigenvalue weighted by atomic mass is 14.2. The van der Waals surface area contributed by atoms with Crippen molar-refractivity contribution in [3.63, 3.8) is 0 Å². The molecule has 0 spiro atoms. The van der Waals surface area contributed by atoms with E-state index in [1.807, 2.05) is 0 Å². The maximum absolute atomic E-state index is 3.95. The zero-order valence-corrected chi connectivity index (χ0v) is 6.06. The molecule has 1 unspecified atom stereocenters. The highest BCUT2D eigenvalue weighted by molar-refractivity contribution is 5.07. The van der Waals surface area contributed by atoms with Crippen molar-refractivity contribution in [2.24, 2.45) is 5.92 Å². The van der Waals surface area contributed by atoms with Crippen LogP contribution in [0.2, 0.25) is 0 Å². The Bertz CT molecular complexity index is 131. The molecular weight excluding hydrogens is 108 g/mol. The van der Waals surface area contributed by atoms with Crippen molar-refractivity contribution in [2.45, 2.75) is 26.2 Å². The molecular formula is C9H14. The topological polar surface area (TPSA) is 0 Å². The van der Waals surface area contributed by atoms with Gasteiger partial charge in [0, 0.05) is 0 Å². The zero-order valence-electron chi connectivity index (χ0n) is 6.06. The second-order valence-corrected chi connectivity index (χ2v) is 2.78. The van der Waals surface area contributed by atoms with Crippen LogP contribution in [0.15, 0.2) is 24.3 Å². The van der Waals surface area contributed by atoms with Crippen LogP contribution >= 0.6 is 0 Å². The first-order valence-electron chi connectivity index (χ1n) is 3.62. The third-order valence-corrected chi connectivity index (χ3v) is 1.88. The molecule has 0 saturated heterocycles. The minimum absolute atomic E-state index is 0.808. The van der Waals surface area contributed by atoms with Crippen LogP contribution in [0.4, 0.5) is 0 Å². The molecule has 1 aliphatic carbocycles. The molecule has 0 bridgehead atoms. The molecule has 1 saturated carbocycles. The summed E-state index contributed by atoms with van der Waals surface area (Å²) in [5, 5.41) is 0. The van der Waals surface area contributed by atoms with Gasteiger partial charge in [0.05, 0.1) is 0 Å². The summed E-state index contributed by atoms with van der Waals surface area (Å²) < 4.78 is 0. The Morgan fingerprint density at radius 3 is 2.89 bits per heavy atom. The third-order valence-electron chi connectivity index (χ3n) is 1.88. The van der Waals surface area contributed by atoms with Crippen LogP contribution in [0, 0.1) is 5.92 Å². The number of hydrogen-bond acceptors (Lipinski definition) is 0. The largest absolute Gasteiger partial charge is 0.0998 e. The van der Waals surface area contributed by atoms with Gasteiger partial charge in [-0.1, -0.05) is 24.3 Å². The fourth-order valence-electron chi connectivity index (χ4n) is 1.40. The Morgan fingerprint density at radius 1 is 1.67 bits per heavy atom. The van der Waals surface area contributed by atoms with Crippen molar-refractivity contribution in [2.75, 3.05) is 0 Å². The lowest BCUT2D eigenvalue weighted by molar-refractivity contribution is 0.693. The third kappa shape index (κ3) is 1.70. The van der Waals surface area contributed by atoms with E-state index in [1.165, 1.54) is 24.8 Å². The van der Waals surface area contributed by atoms with Gasteiger partial charge in [0.2, 0.25) is 0 Å². The van der Waals surface area contributed by atoms with E-state index in [0.29, 0.717) is 0 Å². The average Bonchev–Trinajstić information content (AvgIpc) is 2.17. The van der Waals surface area contributed by atoms with E-state index < -0.39 is 0 Å². The van der Waals surface area contributed by atoms with Gasteiger partial charge in [-0.15, -0.1) is 0 Å². The van der Waals surface area contributed by atoms with E-state index in [1.54, 1.807) is 0 Å². The summed E-state index contributed by atoms with van der Waals surface area (Å²) in [6, 6.07) is 0. The Balaban J connectivity index is 2.39. The summed E-state index contributed by atoms with van der Waals surface area (Å²) in [4.78, 5) is 0. The fraction of sp³-hybridized carbons (Fsp3) is 0.556. The molecule has 9 heavy (non-hydrogen) atoms. The Morgan fingerprint density at radius 2 is 2.44 bits per heavy atom. The van der Waals surface area contributed by atoms with E-state index in [0.717, 1.165) is 5.92 Å². The van der Waals surface area contributed by atoms with Gasteiger partial charge in [-0.05, 0) is 32.1 Å². The minimum atomic E-state index is 0.808. The Labute approximate surface area is 57.3 Å². The summed E-state index contributed by atoms with van der Waals surface area (Å²) in [5.74, 6) is 0.808. The van der Waals surface area contributed by atoms with E-state index in [2.05, 4.69) is 25.7 Å². The van der Waals surface area contributed by atoms with E-state index in [9.17, 15) is 0 Å². The normalized spacial score (nSPS) is 28.1. The molecule has 0 N–H and O–H groups in total. The predicted octanol–water partition coefficient (Wildman–Crippen LogP) is 2.92. The summed E-state index contributed by atoms with van der Waals surface area (Å²) >= 11 is 0. The number of allylic oxidation sites excluding steroid dienone is 3. The lowest BCUT2D eigenvalue weighted by atomic mass is 10.1. The monoisotopic (exact) mass is 122 g/mol. The smallest absolute Gasteiger partial charge is 0.0193 e. The number of rotatable bonds is 1. The SMILES string of the molecule is C=C1CCC(/C=C\C)C1. The summed E-state index contributed by atoms with van der Waals surface area (Å²) in [6.45, 7) is 6.04. The van der Waals surface area contributed by atoms with Crippen LogP contribution in [-0.4, -0.2) is 0 Å². The van der Waals surface area contributed by atoms with Gasteiger partial charge in [0.25, 0.3) is 0 Å². The first-order valence-corrected chi connectivity index (χ1v) is 3.62. The molecule has 1 aliphatic rings. The van der Waals surface area contributed by atoms with Gasteiger partial charge in [0.1, 0.15) is 0 Å². The van der Waals surface area contributed by atoms with Crippen LogP contribution in [0.25, 0.3) is 0 Å². The average molecular weight is 122 g/mol. The van der Waals surface area contributed by atoms with Crippen LogP contribution in [-0.2, 0) is 0 Å². The number of hydrogen-bond donors (Lipinski definition) is 0. The zero-order chi connectivity index (χ0) is 6.69. The molecule has 1 rings (SSSR count). The first kappa shape index (κ1) is 6.60.